The van der Waals surface area contributed by atoms with E-state index in [0.717, 1.165) is 12.1 Å². The number of alkyl halides is 3. The molecule has 21 heavy (non-hydrogen) atoms. The zero-order valence-electron chi connectivity index (χ0n) is 11.3. The highest BCUT2D eigenvalue weighted by Crippen LogP contribution is 2.32. The predicted octanol–water partition coefficient (Wildman–Crippen LogP) is 3.65. The van der Waals surface area contributed by atoms with Crippen LogP contribution in [0.1, 0.15) is 36.2 Å². The van der Waals surface area contributed by atoms with Crippen molar-refractivity contribution in [2.75, 3.05) is 0 Å². The van der Waals surface area contributed by atoms with Crippen LogP contribution in [0.3, 0.4) is 0 Å². The summed E-state index contributed by atoms with van der Waals surface area (Å²) in [5, 5.41) is 2.58. The molecule has 1 unspecified atom stereocenters. The van der Waals surface area contributed by atoms with Crippen LogP contribution in [0.5, 0.6) is 0 Å². The number of thiocarbonyl (C=S) groups is 1. The number of nitrogens with one attached hydrogen (secondary N) is 1. The highest BCUT2D eigenvalue weighted by molar-refractivity contribution is 9.10. The Morgan fingerprint density at radius 2 is 2.00 bits per heavy atom. The number of benzene rings is 1. The molecule has 1 rings (SSSR count). The SMILES string of the molecule is CCC(C)(NC(=O)c1cc(C(F)(F)F)ccc1Br)C(N)=S. The first-order valence-corrected chi connectivity index (χ1v) is 7.20. The maximum absolute atomic E-state index is 12.7. The van der Waals surface area contributed by atoms with E-state index in [1.165, 1.54) is 6.07 Å². The molecule has 3 nitrogen and oxygen atoms in total. The van der Waals surface area contributed by atoms with Gasteiger partial charge in [-0.1, -0.05) is 19.1 Å². The molecule has 0 aromatic heterocycles. The Balaban J connectivity index is 3.16. The summed E-state index contributed by atoms with van der Waals surface area (Å²) in [6.07, 6.45) is -4.10. The Kier molecular flexibility index (Phi) is 5.38. The molecule has 0 aliphatic rings. The second kappa shape index (κ2) is 6.31. The third-order valence-corrected chi connectivity index (χ3v) is 4.32. The lowest BCUT2D eigenvalue weighted by atomic mass is 9.98. The van der Waals surface area contributed by atoms with Gasteiger partial charge in [0.2, 0.25) is 0 Å². The average molecular weight is 383 g/mol. The van der Waals surface area contributed by atoms with Crippen LogP contribution in [0.4, 0.5) is 13.2 Å². The van der Waals surface area contributed by atoms with Gasteiger partial charge in [0.05, 0.1) is 21.7 Å². The van der Waals surface area contributed by atoms with Crippen LogP contribution in [0.15, 0.2) is 22.7 Å². The van der Waals surface area contributed by atoms with Gasteiger partial charge in [-0.05, 0) is 47.5 Å². The minimum Gasteiger partial charge on any atom is -0.391 e. The summed E-state index contributed by atoms with van der Waals surface area (Å²) < 4.78 is 38.4. The number of carbonyl (C=O) groups is 1. The van der Waals surface area contributed by atoms with Crippen molar-refractivity contribution in [2.24, 2.45) is 5.73 Å². The third-order valence-electron chi connectivity index (χ3n) is 3.18. The fourth-order valence-corrected chi connectivity index (χ4v) is 2.14. The second-order valence-corrected chi connectivity index (χ2v) is 5.99. The van der Waals surface area contributed by atoms with Gasteiger partial charge in [0.1, 0.15) is 0 Å². The Morgan fingerprint density at radius 1 is 1.43 bits per heavy atom. The second-order valence-electron chi connectivity index (χ2n) is 4.70. The summed E-state index contributed by atoms with van der Waals surface area (Å²) in [5.41, 5.74) is 3.59. The van der Waals surface area contributed by atoms with Crippen LogP contribution < -0.4 is 11.1 Å². The van der Waals surface area contributed by atoms with Crippen LogP contribution in [0.25, 0.3) is 0 Å². The lowest BCUT2D eigenvalue weighted by Gasteiger charge is -2.28. The molecule has 1 aromatic rings. The van der Waals surface area contributed by atoms with E-state index in [4.69, 9.17) is 18.0 Å². The van der Waals surface area contributed by atoms with Gasteiger partial charge in [-0.15, -0.1) is 0 Å². The van der Waals surface area contributed by atoms with Crippen molar-refractivity contribution in [2.45, 2.75) is 32.0 Å². The van der Waals surface area contributed by atoms with E-state index in [1.54, 1.807) is 13.8 Å². The van der Waals surface area contributed by atoms with Gasteiger partial charge in [0.25, 0.3) is 5.91 Å². The first-order chi connectivity index (χ1) is 9.51. The minimum absolute atomic E-state index is 0.0708. The number of hydrogen-bond acceptors (Lipinski definition) is 2. The number of rotatable bonds is 4. The van der Waals surface area contributed by atoms with Crippen LogP contribution in [-0.4, -0.2) is 16.4 Å². The molecule has 0 radical (unpaired) electrons. The molecule has 0 heterocycles. The van der Waals surface area contributed by atoms with Crippen molar-refractivity contribution >= 4 is 39.0 Å². The van der Waals surface area contributed by atoms with E-state index >= 15 is 0 Å². The Morgan fingerprint density at radius 3 is 2.43 bits per heavy atom. The van der Waals surface area contributed by atoms with Gasteiger partial charge in [0.15, 0.2) is 0 Å². The molecule has 0 aliphatic carbocycles. The van der Waals surface area contributed by atoms with Crippen LogP contribution in [0, 0.1) is 0 Å². The molecule has 8 heteroatoms. The lowest BCUT2D eigenvalue weighted by molar-refractivity contribution is -0.137. The van der Waals surface area contributed by atoms with E-state index in [-0.39, 0.29) is 15.0 Å². The van der Waals surface area contributed by atoms with Gasteiger partial charge in [-0.3, -0.25) is 4.79 Å². The maximum Gasteiger partial charge on any atom is 0.416 e. The number of nitrogens with two attached hydrogens (primary N) is 1. The molecular weight excluding hydrogens is 369 g/mol. The monoisotopic (exact) mass is 382 g/mol. The van der Waals surface area contributed by atoms with Crippen molar-refractivity contribution in [3.05, 3.63) is 33.8 Å². The third kappa shape index (κ3) is 4.16. The molecule has 0 bridgehead atoms. The number of halogens is 4. The number of hydrogen-bond donors (Lipinski definition) is 2. The normalized spacial score (nSPS) is 14.4. The highest BCUT2D eigenvalue weighted by atomic mass is 79.9. The largest absolute Gasteiger partial charge is 0.416 e. The van der Waals surface area contributed by atoms with Crippen LogP contribution in [-0.2, 0) is 6.18 Å². The van der Waals surface area contributed by atoms with Crippen LogP contribution >= 0.6 is 28.1 Å². The van der Waals surface area contributed by atoms with E-state index < -0.39 is 23.2 Å². The fraction of sp³-hybridized carbons (Fsp3) is 0.385. The zero-order valence-corrected chi connectivity index (χ0v) is 13.7. The quantitative estimate of drug-likeness (QED) is 0.781. The van der Waals surface area contributed by atoms with Gasteiger partial charge in [0, 0.05) is 4.47 Å². The molecule has 1 atom stereocenters. The summed E-state index contributed by atoms with van der Waals surface area (Å²) in [4.78, 5) is 12.3. The molecule has 0 spiro atoms. The van der Waals surface area contributed by atoms with E-state index in [1.807, 2.05) is 0 Å². The smallest absolute Gasteiger partial charge is 0.391 e. The van der Waals surface area contributed by atoms with Crippen LogP contribution in [0.2, 0.25) is 0 Å². The number of carbonyl (C=O) groups excluding carboxylic acids is 1. The van der Waals surface area contributed by atoms with Gasteiger partial charge >= 0.3 is 6.18 Å². The molecule has 0 aliphatic heterocycles. The van der Waals surface area contributed by atoms with Crippen molar-refractivity contribution in [3.63, 3.8) is 0 Å². The minimum atomic E-state index is -4.52. The van der Waals surface area contributed by atoms with Crippen molar-refractivity contribution in [1.29, 1.82) is 0 Å². The Hall–Kier alpha value is -1.15. The Labute approximate surface area is 134 Å². The standard InChI is InChI=1S/C13H14BrF3N2OS/c1-3-12(2,11(18)21)19-10(20)8-6-7(13(15,16)17)4-5-9(8)14/h4-6H,3H2,1-2H3,(H2,18,21)(H,19,20). The molecule has 1 amide bonds. The molecule has 116 valence electrons. The summed E-state index contributed by atoms with van der Waals surface area (Å²) in [6.45, 7) is 3.38. The number of amides is 1. The molecule has 0 saturated carbocycles. The summed E-state index contributed by atoms with van der Waals surface area (Å²) in [7, 11) is 0. The first kappa shape index (κ1) is 17.9. The Bertz CT molecular complexity index is 577. The first-order valence-electron chi connectivity index (χ1n) is 6.00. The highest BCUT2D eigenvalue weighted by Gasteiger charge is 2.33. The molecular formula is C13H14BrF3N2OS. The van der Waals surface area contributed by atoms with E-state index in [2.05, 4.69) is 21.2 Å². The zero-order chi connectivity index (χ0) is 16.4. The van der Waals surface area contributed by atoms with E-state index in [0.29, 0.717) is 6.42 Å². The molecule has 1 aromatic carbocycles. The summed E-state index contributed by atoms with van der Waals surface area (Å²) in [6, 6.07) is 2.87. The molecule has 3 N–H and O–H groups in total. The lowest BCUT2D eigenvalue weighted by Crippen LogP contribution is -2.54. The summed E-state index contributed by atoms with van der Waals surface area (Å²) >= 11 is 7.96. The van der Waals surface area contributed by atoms with Crippen molar-refractivity contribution in [3.8, 4) is 0 Å². The van der Waals surface area contributed by atoms with Gasteiger partial charge in [-0.2, -0.15) is 13.2 Å². The predicted molar refractivity (Wildman–Crippen MR) is 82.1 cm³/mol. The molecule has 0 saturated heterocycles. The average Bonchev–Trinajstić information content (AvgIpc) is 2.37. The molecule has 0 fully saturated rings. The van der Waals surface area contributed by atoms with Crippen molar-refractivity contribution in [1.82, 2.24) is 5.32 Å². The van der Waals surface area contributed by atoms with Gasteiger partial charge in [-0.25, -0.2) is 0 Å². The van der Waals surface area contributed by atoms with Crippen molar-refractivity contribution < 1.29 is 18.0 Å². The maximum atomic E-state index is 12.7. The van der Waals surface area contributed by atoms with E-state index in [9.17, 15) is 18.0 Å². The topological polar surface area (TPSA) is 55.1 Å². The fourth-order valence-electron chi connectivity index (χ4n) is 1.52. The van der Waals surface area contributed by atoms with Gasteiger partial charge < -0.3 is 11.1 Å². The summed E-state index contributed by atoms with van der Waals surface area (Å²) in [5.74, 6) is -0.676.